The van der Waals surface area contributed by atoms with E-state index in [4.69, 9.17) is 0 Å². The summed E-state index contributed by atoms with van der Waals surface area (Å²) in [6.07, 6.45) is 2.16. The topological polar surface area (TPSA) is 41.1 Å². The van der Waals surface area contributed by atoms with E-state index in [2.05, 4.69) is 24.5 Å². The zero-order valence-corrected chi connectivity index (χ0v) is 12.3. The quantitative estimate of drug-likeness (QED) is 0.858. The second-order valence-electron chi connectivity index (χ2n) is 5.78. The van der Waals surface area contributed by atoms with Crippen LogP contribution in [0.3, 0.4) is 0 Å². The molecule has 0 aromatic heterocycles. The van der Waals surface area contributed by atoms with Gasteiger partial charge in [-0.25, -0.2) is 0 Å². The van der Waals surface area contributed by atoms with Gasteiger partial charge >= 0.3 is 0 Å². The summed E-state index contributed by atoms with van der Waals surface area (Å²) in [5, 5.41) is 6.69. The number of nitrogens with one attached hydrogen (secondary N) is 2. The largest absolute Gasteiger partial charge is 0.348 e. The van der Waals surface area contributed by atoms with Gasteiger partial charge in [-0.2, -0.15) is 0 Å². The van der Waals surface area contributed by atoms with Crippen molar-refractivity contribution in [2.24, 2.45) is 0 Å². The summed E-state index contributed by atoms with van der Waals surface area (Å²) in [6.45, 7) is 8.32. The van der Waals surface area contributed by atoms with E-state index in [-0.39, 0.29) is 11.9 Å². The molecule has 3 atom stereocenters. The fourth-order valence-electron chi connectivity index (χ4n) is 2.94. The second-order valence-corrected chi connectivity index (χ2v) is 5.78. The first-order chi connectivity index (χ1) is 8.99. The van der Waals surface area contributed by atoms with Crippen molar-refractivity contribution in [2.45, 2.75) is 58.7 Å². The van der Waals surface area contributed by atoms with Crippen LogP contribution in [0.15, 0.2) is 18.2 Å². The molecule has 3 nitrogen and oxygen atoms in total. The Bertz CT molecular complexity index is 450. The van der Waals surface area contributed by atoms with Crippen LogP contribution in [0.1, 0.15) is 48.2 Å². The van der Waals surface area contributed by atoms with Crippen molar-refractivity contribution in [3.05, 3.63) is 34.9 Å². The molecular weight excluding hydrogens is 236 g/mol. The Balaban J connectivity index is 2.09. The van der Waals surface area contributed by atoms with Crippen LogP contribution in [-0.2, 0) is 0 Å². The Morgan fingerprint density at radius 2 is 1.84 bits per heavy atom. The third-order valence-corrected chi connectivity index (χ3v) is 4.09. The van der Waals surface area contributed by atoms with Crippen molar-refractivity contribution in [2.75, 3.05) is 0 Å². The lowest BCUT2D eigenvalue weighted by Gasteiger charge is -2.34. The molecule has 3 heteroatoms. The smallest absolute Gasteiger partial charge is 0.252 e. The number of rotatable bonds is 2. The molecule has 2 N–H and O–H groups in total. The Kier molecular flexibility index (Phi) is 4.25. The van der Waals surface area contributed by atoms with Gasteiger partial charge in [-0.15, -0.1) is 0 Å². The summed E-state index contributed by atoms with van der Waals surface area (Å²) in [7, 11) is 0. The summed E-state index contributed by atoms with van der Waals surface area (Å²) in [5.41, 5.74) is 2.91. The van der Waals surface area contributed by atoms with Crippen LogP contribution in [0.5, 0.6) is 0 Å². The second kappa shape index (κ2) is 5.74. The number of carbonyl (C=O) groups is 1. The maximum absolute atomic E-state index is 12.4. The van der Waals surface area contributed by atoms with Gasteiger partial charge in [-0.1, -0.05) is 18.2 Å². The van der Waals surface area contributed by atoms with Gasteiger partial charge in [-0.05, 0) is 51.7 Å². The molecule has 0 spiro atoms. The molecule has 0 radical (unpaired) electrons. The highest BCUT2D eigenvalue weighted by atomic mass is 16.1. The SMILES string of the molecule is Cc1cccc(C)c1C(=O)NC1CCC(C)NC1C. The molecule has 104 valence electrons. The first kappa shape index (κ1) is 14.1. The van der Waals surface area contributed by atoms with E-state index < -0.39 is 0 Å². The molecule has 19 heavy (non-hydrogen) atoms. The van der Waals surface area contributed by atoms with E-state index in [0.717, 1.165) is 29.5 Å². The van der Waals surface area contributed by atoms with Crippen LogP contribution in [-0.4, -0.2) is 24.0 Å². The Morgan fingerprint density at radius 3 is 2.42 bits per heavy atom. The van der Waals surface area contributed by atoms with Gasteiger partial charge in [0, 0.05) is 23.7 Å². The molecule has 1 amide bonds. The Hall–Kier alpha value is -1.35. The van der Waals surface area contributed by atoms with Crippen molar-refractivity contribution in [1.29, 1.82) is 0 Å². The number of hydrogen-bond donors (Lipinski definition) is 2. The molecule has 1 fully saturated rings. The number of hydrogen-bond acceptors (Lipinski definition) is 2. The van der Waals surface area contributed by atoms with E-state index in [9.17, 15) is 4.79 Å². The van der Waals surface area contributed by atoms with Gasteiger partial charge in [0.05, 0.1) is 0 Å². The van der Waals surface area contributed by atoms with Crippen LogP contribution in [0.4, 0.5) is 0 Å². The molecule has 2 rings (SSSR count). The lowest BCUT2D eigenvalue weighted by Crippen LogP contribution is -2.54. The number of benzene rings is 1. The molecule has 3 unspecified atom stereocenters. The molecule has 1 aromatic rings. The van der Waals surface area contributed by atoms with Gasteiger partial charge < -0.3 is 10.6 Å². The number of piperidine rings is 1. The predicted octanol–water partition coefficient (Wildman–Crippen LogP) is 2.56. The van der Waals surface area contributed by atoms with Crippen LogP contribution in [0, 0.1) is 13.8 Å². The normalized spacial score (nSPS) is 27.1. The first-order valence-electron chi connectivity index (χ1n) is 7.12. The lowest BCUT2D eigenvalue weighted by atomic mass is 9.94. The van der Waals surface area contributed by atoms with Crippen LogP contribution < -0.4 is 10.6 Å². The fraction of sp³-hybridized carbons (Fsp3) is 0.562. The van der Waals surface area contributed by atoms with E-state index in [1.807, 2.05) is 32.0 Å². The fourth-order valence-corrected chi connectivity index (χ4v) is 2.94. The van der Waals surface area contributed by atoms with Gasteiger partial charge in [0.2, 0.25) is 0 Å². The highest BCUT2D eigenvalue weighted by molar-refractivity contribution is 5.97. The molecule has 0 bridgehead atoms. The molecule has 1 aromatic carbocycles. The molecule has 1 saturated heterocycles. The summed E-state index contributed by atoms with van der Waals surface area (Å²) in [6, 6.07) is 7.08. The molecule has 1 heterocycles. The molecule has 1 aliphatic heterocycles. The van der Waals surface area contributed by atoms with E-state index in [0.29, 0.717) is 12.1 Å². The maximum Gasteiger partial charge on any atom is 0.252 e. The third-order valence-electron chi connectivity index (χ3n) is 4.09. The van der Waals surface area contributed by atoms with E-state index in [1.54, 1.807) is 0 Å². The van der Waals surface area contributed by atoms with Crippen molar-refractivity contribution in [3.8, 4) is 0 Å². The monoisotopic (exact) mass is 260 g/mol. The minimum atomic E-state index is 0.0591. The predicted molar refractivity (Wildman–Crippen MR) is 78.5 cm³/mol. The zero-order chi connectivity index (χ0) is 14.0. The number of amides is 1. The first-order valence-corrected chi connectivity index (χ1v) is 7.12. The standard InChI is InChI=1S/C16H24N2O/c1-10-6-5-7-11(2)15(10)16(19)18-14-9-8-12(3)17-13(14)4/h5-7,12-14,17H,8-9H2,1-4H3,(H,18,19). The summed E-state index contributed by atoms with van der Waals surface area (Å²) < 4.78 is 0. The van der Waals surface area contributed by atoms with Crippen LogP contribution in [0.2, 0.25) is 0 Å². The highest BCUT2D eigenvalue weighted by Crippen LogP contribution is 2.17. The minimum absolute atomic E-state index is 0.0591. The minimum Gasteiger partial charge on any atom is -0.348 e. The summed E-state index contributed by atoms with van der Waals surface area (Å²) >= 11 is 0. The average molecular weight is 260 g/mol. The van der Waals surface area contributed by atoms with Gasteiger partial charge in [0.15, 0.2) is 0 Å². The highest BCUT2D eigenvalue weighted by Gasteiger charge is 2.26. The van der Waals surface area contributed by atoms with Gasteiger partial charge in [0.25, 0.3) is 5.91 Å². The van der Waals surface area contributed by atoms with Gasteiger partial charge in [-0.3, -0.25) is 4.79 Å². The van der Waals surface area contributed by atoms with Crippen molar-refractivity contribution >= 4 is 5.91 Å². The van der Waals surface area contributed by atoms with Crippen molar-refractivity contribution in [3.63, 3.8) is 0 Å². The molecular formula is C16H24N2O. The number of carbonyl (C=O) groups excluding carboxylic acids is 1. The molecule has 1 aliphatic rings. The van der Waals surface area contributed by atoms with Crippen molar-refractivity contribution < 1.29 is 4.79 Å². The summed E-state index contributed by atoms with van der Waals surface area (Å²) in [4.78, 5) is 12.4. The lowest BCUT2D eigenvalue weighted by molar-refractivity contribution is 0.0913. The Labute approximate surface area is 115 Å². The number of aryl methyl sites for hydroxylation is 2. The molecule has 0 saturated carbocycles. The van der Waals surface area contributed by atoms with E-state index in [1.165, 1.54) is 0 Å². The van der Waals surface area contributed by atoms with Crippen molar-refractivity contribution in [1.82, 2.24) is 10.6 Å². The van der Waals surface area contributed by atoms with Gasteiger partial charge in [0.1, 0.15) is 0 Å². The zero-order valence-electron chi connectivity index (χ0n) is 12.3. The maximum atomic E-state index is 12.4. The molecule has 0 aliphatic carbocycles. The third kappa shape index (κ3) is 3.16. The summed E-state index contributed by atoms with van der Waals surface area (Å²) in [5.74, 6) is 0.0591. The van der Waals surface area contributed by atoms with Crippen LogP contribution >= 0.6 is 0 Å². The average Bonchev–Trinajstić information content (AvgIpc) is 2.32. The Morgan fingerprint density at radius 1 is 1.21 bits per heavy atom. The van der Waals surface area contributed by atoms with E-state index >= 15 is 0 Å². The van der Waals surface area contributed by atoms with Crippen LogP contribution in [0.25, 0.3) is 0 Å².